The van der Waals surface area contributed by atoms with E-state index in [0.29, 0.717) is 0 Å². The summed E-state index contributed by atoms with van der Waals surface area (Å²) in [7, 11) is 9.00. The monoisotopic (exact) mass is 1020 g/mol. The molecule has 2 unspecified atom stereocenters. The number of rotatable bonds is 10. The highest BCUT2D eigenvalue weighted by molar-refractivity contribution is 6.09. The minimum absolute atomic E-state index is 0.0707. The molecule has 0 amide bonds. The van der Waals surface area contributed by atoms with Gasteiger partial charge in [0.05, 0.1) is 10.8 Å². The zero-order chi connectivity index (χ0) is 55.0. The minimum atomic E-state index is -0.309. The summed E-state index contributed by atoms with van der Waals surface area (Å²) in [5, 5.41) is 10.5. The smallest absolute Gasteiger partial charge is 0.210 e. The van der Waals surface area contributed by atoms with Gasteiger partial charge in [0.25, 0.3) is 0 Å². The molecule has 78 heavy (non-hydrogen) atoms. The van der Waals surface area contributed by atoms with Crippen LogP contribution in [0.4, 0.5) is 22.7 Å². The average molecular weight is 1020 g/mol. The van der Waals surface area contributed by atoms with Crippen LogP contribution in [0.5, 0.6) is 0 Å². The number of hydrogen-bond acceptors (Lipinski definition) is 2. The van der Waals surface area contributed by atoms with Crippen LogP contribution in [-0.2, 0) is 21.7 Å². The Labute approximate surface area is 463 Å². The molecular formula is C74H76N4+2. The summed E-state index contributed by atoms with van der Waals surface area (Å²) in [5.41, 5.74) is 19.8. The molecule has 12 rings (SSSR count). The van der Waals surface area contributed by atoms with Gasteiger partial charge < -0.3 is 9.80 Å². The van der Waals surface area contributed by atoms with Crippen LogP contribution in [0.25, 0.3) is 43.1 Å². The van der Waals surface area contributed by atoms with Crippen molar-refractivity contribution in [3.05, 3.63) is 239 Å². The van der Waals surface area contributed by atoms with Gasteiger partial charge in [0, 0.05) is 89.0 Å². The van der Waals surface area contributed by atoms with Gasteiger partial charge in [-0.1, -0.05) is 127 Å². The first-order chi connectivity index (χ1) is 37.2. The predicted octanol–water partition coefficient (Wildman–Crippen LogP) is 18.1. The normalized spacial score (nSPS) is 21.7. The highest BCUT2D eigenvalue weighted by Crippen LogP contribution is 2.58. The van der Waals surface area contributed by atoms with Gasteiger partial charge in [-0.15, -0.1) is 13.2 Å². The molecule has 0 spiro atoms. The van der Waals surface area contributed by atoms with E-state index in [1.807, 2.05) is 0 Å². The third kappa shape index (κ3) is 7.38. The first kappa shape index (κ1) is 51.0. The van der Waals surface area contributed by atoms with Crippen LogP contribution in [0.3, 0.4) is 0 Å². The molecular weight excluding hydrogens is 945 g/mol. The Morgan fingerprint density at radius 1 is 0.487 bits per heavy atom. The first-order valence-electron chi connectivity index (χ1n) is 28.1. The van der Waals surface area contributed by atoms with Crippen molar-refractivity contribution in [2.45, 2.75) is 103 Å². The van der Waals surface area contributed by atoms with E-state index in [1.54, 1.807) is 0 Å². The molecule has 0 saturated carbocycles. The molecule has 8 aromatic carbocycles. The fourth-order valence-electron chi connectivity index (χ4n) is 15.6. The molecule has 0 bridgehead atoms. The standard InChI is InChI=1S/C74H76N4/c1-46(2)44-73(10)65(36-24-34-63-71(6,7)67-51-28-18-16-26-49(51)38-40-59(67)75(63)12)77(14)61-42-57(53-30-20-22-32-55(53)69(61)73)48(5)58-43-62-70(56-33-23-21-31-54(56)58)74(11,45-47(3)4)66(78(62)15)37-25-35-64-72(8,9)68-52-29-19-17-27-50(52)39-41-60(68)76(64)13/h16-43,48H,1,3,44-45H2,2,4-15H3/q+2. The Morgan fingerprint density at radius 3 is 1.21 bits per heavy atom. The van der Waals surface area contributed by atoms with Gasteiger partial charge in [-0.05, 0) is 170 Å². The summed E-state index contributed by atoms with van der Waals surface area (Å²) < 4.78 is 4.79. The fourth-order valence-corrected chi connectivity index (χ4v) is 15.6. The second-order valence-electron chi connectivity index (χ2n) is 24.9. The van der Waals surface area contributed by atoms with E-state index in [9.17, 15) is 0 Å². The molecule has 0 saturated heterocycles. The Kier molecular flexibility index (Phi) is 11.8. The molecule has 0 aliphatic carbocycles. The quantitative estimate of drug-likeness (QED) is 0.1000. The topological polar surface area (TPSA) is 12.5 Å². The van der Waals surface area contributed by atoms with Crippen LogP contribution in [0.2, 0.25) is 0 Å². The van der Waals surface area contributed by atoms with Crippen LogP contribution < -0.4 is 9.80 Å². The predicted molar refractivity (Wildman–Crippen MR) is 336 cm³/mol. The van der Waals surface area contributed by atoms with Crippen molar-refractivity contribution in [3.8, 4) is 0 Å². The van der Waals surface area contributed by atoms with Gasteiger partial charge in [-0.3, -0.25) is 0 Å². The van der Waals surface area contributed by atoms with Crippen LogP contribution in [0.15, 0.2) is 206 Å². The lowest BCUT2D eigenvalue weighted by Crippen LogP contribution is -2.27. The average Bonchev–Trinajstić information content (AvgIpc) is 4.07. The lowest BCUT2D eigenvalue weighted by atomic mass is 9.72. The van der Waals surface area contributed by atoms with Gasteiger partial charge >= 0.3 is 0 Å². The SMILES string of the molecule is C=C(C)CC1(C)C(=CC=CC2=[N+](C)c3ccc4ccccc4c3C2(C)C)N(C)c2cc(C(C)c3cc4c(c5ccccc35)C(C)(CC(=C)C)C(=CC=CC3=[N+](C)c5ccc6ccccc6c5C3(C)C)N4C)c3ccccc3c21. The van der Waals surface area contributed by atoms with Gasteiger partial charge in [0.15, 0.2) is 11.4 Å². The summed E-state index contributed by atoms with van der Waals surface area (Å²) in [6.07, 6.45) is 15.8. The van der Waals surface area contributed by atoms with Crippen molar-refractivity contribution in [2.75, 3.05) is 38.0 Å². The second kappa shape index (κ2) is 18.1. The van der Waals surface area contributed by atoms with E-state index in [-0.39, 0.29) is 27.6 Å². The van der Waals surface area contributed by atoms with E-state index in [0.717, 1.165) is 12.8 Å². The lowest BCUT2D eigenvalue weighted by molar-refractivity contribution is -0.401. The van der Waals surface area contributed by atoms with Gasteiger partial charge in [-0.25, -0.2) is 0 Å². The molecule has 8 aromatic rings. The van der Waals surface area contributed by atoms with Crippen LogP contribution in [0.1, 0.15) is 114 Å². The van der Waals surface area contributed by atoms with Crippen molar-refractivity contribution >= 4 is 77.3 Å². The number of allylic oxidation sites excluding steroid dienone is 10. The zero-order valence-electron chi connectivity index (χ0n) is 48.4. The van der Waals surface area contributed by atoms with Crippen molar-refractivity contribution in [1.82, 2.24) is 0 Å². The summed E-state index contributed by atoms with van der Waals surface area (Å²) in [5.74, 6) is 0.0707. The van der Waals surface area contributed by atoms with E-state index < -0.39 is 0 Å². The molecule has 2 atom stereocenters. The Hall–Kier alpha value is -7.82. The number of nitrogens with zero attached hydrogens (tertiary/aromatic N) is 4. The molecule has 0 aromatic heterocycles. The maximum Gasteiger partial charge on any atom is 0.210 e. The molecule has 0 radical (unpaired) electrons. The molecule has 0 N–H and O–H groups in total. The zero-order valence-corrected chi connectivity index (χ0v) is 48.4. The Balaban J connectivity index is 0.948. The molecule has 4 nitrogen and oxygen atoms in total. The lowest BCUT2D eigenvalue weighted by Gasteiger charge is -2.30. The summed E-state index contributed by atoms with van der Waals surface area (Å²) >= 11 is 0. The molecule has 4 aliphatic rings. The highest BCUT2D eigenvalue weighted by Gasteiger charge is 2.48. The fraction of sp³-hybridized carbons (Fsp3) is 0.270. The largest absolute Gasteiger partial charge is 0.347 e. The minimum Gasteiger partial charge on any atom is -0.347 e. The summed E-state index contributed by atoms with van der Waals surface area (Å²) in [4.78, 5) is 4.96. The third-order valence-corrected chi connectivity index (χ3v) is 18.8. The molecule has 4 aliphatic heterocycles. The van der Waals surface area contributed by atoms with Gasteiger partial charge in [0.1, 0.15) is 14.1 Å². The second-order valence-corrected chi connectivity index (χ2v) is 24.9. The number of benzene rings is 8. The highest BCUT2D eigenvalue weighted by atomic mass is 15.2. The van der Waals surface area contributed by atoms with Crippen molar-refractivity contribution < 1.29 is 9.15 Å². The number of anilines is 2. The van der Waals surface area contributed by atoms with E-state index >= 15 is 0 Å². The number of fused-ring (bicyclic) bond motifs is 12. The first-order valence-corrected chi connectivity index (χ1v) is 28.1. The Bertz CT molecular complexity index is 3880. The number of hydrogen-bond donors (Lipinski definition) is 0. The van der Waals surface area contributed by atoms with Crippen LogP contribution in [-0.4, -0.2) is 48.8 Å². The summed E-state index contributed by atoms with van der Waals surface area (Å²) in [6, 6.07) is 50.2. The molecule has 4 heteroatoms. The maximum absolute atomic E-state index is 4.54. The van der Waals surface area contributed by atoms with Crippen molar-refractivity contribution in [3.63, 3.8) is 0 Å². The van der Waals surface area contributed by atoms with Crippen molar-refractivity contribution in [2.24, 2.45) is 0 Å². The molecule has 4 heterocycles. The van der Waals surface area contributed by atoms with E-state index in [2.05, 4.69) is 293 Å². The summed E-state index contributed by atoms with van der Waals surface area (Å²) in [6.45, 7) is 30.3. The van der Waals surface area contributed by atoms with E-state index in [1.165, 1.54) is 133 Å². The third-order valence-electron chi connectivity index (χ3n) is 18.8. The van der Waals surface area contributed by atoms with Crippen LogP contribution in [0, 0.1) is 0 Å². The number of likely N-dealkylation sites (N-methyl/N-ethyl adjacent to an activating group) is 2. The molecule has 0 fully saturated rings. The Morgan fingerprint density at radius 2 is 0.833 bits per heavy atom. The van der Waals surface area contributed by atoms with Crippen LogP contribution >= 0.6 is 0 Å². The maximum atomic E-state index is 4.54. The molecule has 390 valence electrons. The van der Waals surface area contributed by atoms with Gasteiger partial charge in [0.2, 0.25) is 11.4 Å². The van der Waals surface area contributed by atoms with E-state index in [4.69, 9.17) is 0 Å². The van der Waals surface area contributed by atoms with Gasteiger partial charge in [-0.2, -0.15) is 9.15 Å². The van der Waals surface area contributed by atoms with Crippen molar-refractivity contribution in [1.29, 1.82) is 0 Å².